The topological polar surface area (TPSA) is 64.6 Å². The van der Waals surface area contributed by atoms with Crippen molar-refractivity contribution in [1.29, 1.82) is 0 Å². The van der Waals surface area contributed by atoms with Crippen molar-refractivity contribution in [2.75, 3.05) is 5.32 Å². The summed E-state index contributed by atoms with van der Waals surface area (Å²) in [5.74, 6) is -0.105. The van der Waals surface area contributed by atoms with Gasteiger partial charge in [-0.05, 0) is 63.1 Å². The number of hydrogen-bond acceptors (Lipinski definition) is 4. The first-order valence-corrected chi connectivity index (χ1v) is 8.77. The van der Waals surface area contributed by atoms with Crippen molar-refractivity contribution in [2.45, 2.75) is 46.3 Å². The number of ether oxygens (including phenoxy) is 2. The van der Waals surface area contributed by atoms with Gasteiger partial charge in [0, 0.05) is 11.3 Å². The predicted octanol–water partition coefficient (Wildman–Crippen LogP) is 4.22. The van der Waals surface area contributed by atoms with Crippen LogP contribution in [0.25, 0.3) is 0 Å². The van der Waals surface area contributed by atoms with Crippen LogP contribution in [0.2, 0.25) is 0 Å². The van der Waals surface area contributed by atoms with Gasteiger partial charge in [-0.1, -0.05) is 25.1 Å². The Kier molecular flexibility index (Phi) is 6.78. The van der Waals surface area contributed by atoms with E-state index in [0.717, 1.165) is 17.7 Å². The van der Waals surface area contributed by atoms with Crippen LogP contribution in [-0.4, -0.2) is 24.1 Å². The second-order valence-electron chi connectivity index (χ2n) is 6.23. The molecular weight excluding hydrogens is 330 g/mol. The Hall–Kier alpha value is -2.82. The molecule has 5 nitrogen and oxygen atoms in total. The molecule has 0 saturated carbocycles. The van der Waals surface area contributed by atoms with Gasteiger partial charge in [-0.3, -0.25) is 4.79 Å². The van der Waals surface area contributed by atoms with Gasteiger partial charge in [0.15, 0.2) is 6.10 Å². The molecule has 2 aromatic rings. The van der Waals surface area contributed by atoms with Crippen molar-refractivity contribution in [1.82, 2.24) is 0 Å². The number of esters is 1. The summed E-state index contributed by atoms with van der Waals surface area (Å²) < 4.78 is 10.7. The molecule has 1 unspecified atom stereocenters. The highest BCUT2D eigenvalue weighted by atomic mass is 16.6. The summed E-state index contributed by atoms with van der Waals surface area (Å²) in [6, 6.07) is 14.4. The van der Waals surface area contributed by atoms with E-state index in [1.807, 2.05) is 31.2 Å². The van der Waals surface area contributed by atoms with Gasteiger partial charge < -0.3 is 14.8 Å². The molecule has 0 radical (unpaired) electrons. The molecule has 0 saturated heterocycles. The number of carbonyl (C=O) groups excluding carboxylic acids is 2. The van der Waals surface area contributed by atoms with Crippen LogP contribution >= 0.6 is 0 Å². The average molecular weight is 355 g/mol. The van der Waals surface area contributed by atoms with Gasteiger partial charge in [-0.25, -0.2) is 4.79 Å². The van der Waals surface area contributed by atoms with Gasteiger partial charge in [0.05, 0.1) is 6.10 Å². The van der Waals surface area contributed by atoms with Gasteiger partial charge in [-0.2, -0.15) is 0 Å². The van der Waals surface area contributed by atoms with E-state index < -0.39 is 12.1 Å². The molecule has 5 heteroatoms. The number of para-hydroxylation sites is 1. The molecule has 0 spiro atoms. The standard InChI is InChI=1S/C21H25NO4/c1-5-16-8-6-7-9-19(16)22-20(23)17-10-12-18(13-11-17)26-15(4)21(24)25-14(2)3/h6-15H,5H2,1-4H3,(H,22,23). The number of nitrogens with one attached hydrogen (secondary N) is 1. The van der Waals surface area contributed by atoms with Crippen molar-refractivity contribution in [3.8, 4) is 5.75 Å². The van der Waals surface area contributed by atoms with Gasteiger partial charge >= 0.3 is 5.97 Å². The number of amides is 1. The second kappa shape index (κ2) is 9.04. The molecule has 138 valence electrons. The lowest BCUT2D eigenvalue weighted by molar-refractivity contribution is -0.154. The van der Waals surface area contributed by atoms with Gasteiger partial charge in [0.25, 0.3) is 5.91 Å². The SMILES string of the molecule is CCc1ccccc1NC(=O)c1ccc(OC(C)C(=O)OC(C)C)cc1. The lowest BCUT2D eigenvalue weighted by atomic mass is 10.1. The maximum absolute atomic E-state index is 12.4. The molecule has 1 N–H and O–H groups in total. The molecule has 1 atom stereocenters. The summed E-state index contributed by atoms with van der Waals surface area (Å²) >= 11 is 0. The van der Waals surface area contributed by atoms with Crippen molar-refractivity contribution in [2.24, 2.45) is 0 Å². The Morgan fingerprint density at radius 2 is 1.65 bits per heavy atom. The Balaban J connectivity index is 2.00. The minimum absolute atomic E-state index is 0.189. The lowest BCUT2D eigenvalue weighted by Crippen LogP contribution is -2.28. The molecule has 0 aliphatic carbocycles. The normalized spacial score (nSPS) is 11.7. The highest BCUT2D eigenvalue weighted by molar-refractivity contribution is 6.04. The third-order valence-electron chi connectivity index (χ3n) is 3.76. The van der Waals surface area contributed by atoms with Crippen LogP contribution in [0.5, 0.6) is 5.75 Å². The van der Waals surface area contributed by atoms with Crippen LogP contribution < -0.4 is 10.1 Å². The zero-order chi connectivity index (χ0) is 19.1. The van der Waals surface area contributed by atoms with Crippen LogP contribution in [-0.2, 0) is 16.0 Å². The predicted molar refractivity (Wildman–Crippen MR) is 102 cm³/mol. The number of rotatable bonds is 7. The Bertz CT molecular complexity index is 753. The van der Waals surface area contributed by atoms with E-state index in [2.05, 4.69) is 5.32 Å². The van der Waals surface area contributed by atoms with Crippen LogP contribution in [0.15, 0.2) is 48.5 Å². The molecule has 0 heterocycles. The quantitative estimate of drug-likeness (QED) is 0.755. The van der Waals surface area contributed by atoms with Crippen LogP contribution in [0.4, 0.5) is 5.69 Å². The van der Waals surface area contributed by atoms with E-state index >= 15 is 0 Å². The molecule has 0 aliphatic heterocycles. The zero-order valence-electron chi connectivity index (χ0n) is 15.6. The third kappa shape index (κ3) is 5.34. The first-order chi connectivity index (χ1) is 12.4. The highest BCUT2D eigenvalue weighted by Gasteiger charge is 2.18. The first-order valence-electron chi connectivity index (χ1n) is 8.77. The molecule has 0 bridgehead atoms. The monoisotopic (exact) mass is 355 g/mol. The minimum atomic E-state index is -0.714. The molecule has 1 amide bonds. The number of hydrogen-bond donors (Lipinski definition) is 1. The number of aryl methyl sites for hydroxylation is 1. The van der Waals surface area contributed by atoms with Gasteiger partial charge in [0.2, 0.25) is 0 Å². The van der Waals surface area contributed by atoms with E-state index in [1.165, 1.54) is 0 Å². The minimum Gasteiger partial charge on any atom is -0.479 e. The molecule has 0 fully saturated rings. The molecule has 0 aromatic heterocycles. The summed E-state index contributed by atoms with van der Waals surface area (Å²) in [4.78, 5) is 24.2. The maximum Gasteiger partial charge on any atom is 0.347 e. The summed E-state index contributed by atoms with van der Waals surface area (Å²) in [6.45, 7) is 7.25. The van der Waals surface area contributed by atoms with E-state index in [-0.39, 0.29) is 12.0 Å². The van der Waals surface area contributed by atoms with E-state index in [9.17, 15) is 9.59 Å². The van der Waals surface area contributed by atoms with Gasteiger partial charge in [-0.15, -0.1) is 0 Å². The number of anilines is 1. The first kappa shape index (κ1) is 19.5. The second-order valence-corrected chi connectivity index (χ2v) is 6.23. The molecular formula is C21H25NO4. The summed E-state index contributed by atoms with van der Waals surface area (Å²) in [5, 5.41) is 2.92. The molecule has 2 aromatic carbocycles. The smallest absolute Gasteiger partial charge is 0.347 e. The van der Waals surface area contributed by atoms with Crippen LogP contribution in [0, 0.1) is 0 Å². The fourth-order valence-electron chi connectivity index (χ4n) is 2.41. The summed E-state index contributed by atoms with van der Waals surface area (Å²) in [5.41, 5.74) is 2.41. The van der Waals surface area contributed by atoms with Crippen molar-refractivity contribution in [3.05, 3.63) is 59.7 Å². The van der Waals surface area contributed by atoms with Gasteiger partial charge in [0.1, 0.15) is 5.75 Å². The number of benzene rings is 2. The summed E-state index contributed by atoms with van der Waals surface area (Å²) in [7, 11) is 0. The van der Waals surface area contributed by atoms with Crippen molar-refractivity contribution < 1.29 is 19.1 Å². The Morgan fingerprint density at radius 3 is 2.27 bits per heavy atom. The fraction of sp³-hybridized carbons (Fsp3) is 0.333. The average Bonchev–Trinajstić information content (AvgIpc) is 2.62. The molecule has 2 rings (SSSR count). The zero-order valence-corrected chi connectivity index (χ0v) is 15.6. The van der Waals surface area contributed by atoms with Crippen LogP contribution in [0.1, 0.15) is 43.6 Å². The molecule has 0 aliphatic rings. The van der Waals surface area contributed by atoms with E-state index in [1.54, 1.807) is 45.0 Å². The lowest BCUT2D eigenvalue weighted by Gasteiger charge is -2.16. The van der Waals surface area contributed by atoms with E-state index in [4.69, 9.17) is 9.47 Å². The Morgan fingerprint density at radius 1 is 1.00 bits per heavy atom. The van der Waals surface area contributed by atoms with Crippen molar-refractivity contribution in [3.63, 3.8) is 0 Å². The maximum atomic E-state index is 12.4. The fourth-order valence-corrected chi connectivity index (χ4v) is 2.41. The highest BCUT2D eigenvalue weighted by Crippen LogP contribution is 2.19. The third-order valence-corrected chi connectivity index (χ3v) is 3.76. The number of carbonyl (C=O) groups is 2. The Labute approximate surface area is 154 Å². The van der Waals surface area contributed by atoms with Crippen LogP contribution in [0.3, 0.4) is 0 Å². The summed E-state index contributed by atoms with van der Waals surface area (Å²) in [6.07, 6.45) is -0.0627. The molecule has 26 heavy (non-hydrogen) atoms. The van der Waals surface area contributed by atoms with Crippen molar-refractivity contribution >= 4 is 17.6 Å². The largest absolute Gasteiger partial charge is 0.479 e. The van der Waals surface area contributed by atoms with E-state index in [0.29, 0.717) is 11.3 Å².